The summed E-state index contributed by atoms with van der Waals surface area (Å²) in [6.45, 7) is 0.663. The van der Waals surface area contributed by atoms with E-state index in [-0.39, 0.29) is 6.03 Å². The number of fused-ring (bicyclic) bond motifs is 1. The molecule has 0 saturated heterocycles. The van der Waals surface area contributed by atoms with Crippen molar-refractivity contribution in [2.45, 2.75) is 19.3 Å². The first-order valence-corrected chi connectivity index (χ1v) is 13.5. The standard InChI is InChI=1S/C29H25N7O2S/c37-28(35-29-36-33-18-39-29)34-22-13-11-19(12-14-22)15-16-30-26-24-23(20-7-3-1-4-8-20)25(21-9-5-2-6-10-21)38-27(24)32-17-31-26/h1-5,7-9,11-14,17-18H,6,10,15-16H2,(H,30,31,32)(H2,34,35,36,37). The summed E-state index contributed by atoms with van der Waals surface area (Å²) in [5.74, 6) is 1.59. The van der Waals surface area contributed by atoms with Gasteiger partial charge in [-0.05, 0) is 48.1 Å². The first-order valence-electron chi connectivity index (χ1n) is 12.6. The molecule has 1 aliphatic carbocycles. The van der Waals surface area contributed by atoms with E-state index in [1.54, 1.807) is 5.51 Å². The normalized spacial score (nSPS) is 12.8. The van der Waals surface area contributed by atoms with Gasteiger partial charge in [0.05, 0.1) is 5.39 Å². The second-order valence-corrected chi connectivity index (χ2v) is 9.76. The molecule has 6 rings (SSSR count). The smallest absolute Gasteiger partial charge is 0.325 e. The van der Waals surface area contributed by atoms with Gasteiger partial charge in [-0.2, -0.15) is 0 Å². The summed E-state index contributed by atoms with van der Waals surface area (Å²) < 4.78 is 6.34. The van der Waals surface area contributed by atoms with Gasteiger partial charge in [-0.15, -0.1) is 10.2 Å². The SMILES string of the molecule is O=C(Nc1ccc(CCNc2ncnc3oc(C4=CC=CCC4)c(-c4ccccc4)c23)cc1)Nc1nncs1. The van der Waals surface area contributed by atoms with E-state index in [4.69, 9.17) is 4.42 Å². The van der Waals surface area contributed by atoms with Crippen LogP contribution in [-0.4, -0.2) is 32.7 Å². The van der Waals surface area contributed by atoms with Crippen molar-refractivity contribution in [3.63, 3.8) is 0 Å². The molecule has 3 aromatic heterocycles. The molecule has 2 aromatic carbocycles. The van der Waals surface area contributed by atoms with Crippen LogP contribution in [0.1, 0.15) is 24.2 Å². The number of amides is 2. The molecule has 0 bridgehead atoms. The molecule has 0 spiro atoms. The number of carbonyl (C=O) groups is 1. The molecule has 0 fully saturated rings. The topological polar surface area (TPSA) is 118 Å². The molecule has 194 valence electrons. The fraction of sp³-hybridized carbons (Fsp3) is 0.138. The quantitative estimate of drug-likeness (QED) is 0.201. The Balaban J connectivity index is 1.18. The molecule has 0 saturated carbocycles. The lowest BCUT2D eigenvalue weighted by Crippen LogP contribution is -2.19. The minimum absolute atomic E-state index is 0.359. The van der Waals surface area contributed by atoms with Crippen LogP contribution in [-0.2, 0) is 6.42 Å². The van der Waals surface area contributed by atoms with Gasteiger partial charge in [-0.1, -0.05) is 72.0 Å². The second kappa shape index (κ2) is 11.3. The number of furan rings is 1. The zero-order chi connectivity index (χ0) is 26.4. The Kier molecular flexibility index (Phi) is 7.09. The maximum absolute atomic E-state index is 12.1. The minimum atomic E-state index is -0.359. The van der Waals surface area contributed by atoms with E-state index in [2.05, 4.69) is 66.5 Å². The maximum Gasteiger partial charge on any atom is 0.325 e. The summed E-state index contributed by atoms with van der Waals surface area (Å²) in [6.07, 6.45) is 10.6. The van der Waals surface area contributed by atoms with Crippen LogP contribution in [0.4, 0.5) is 21.4 Å². The third-order valence-electron chi connectivity index (χ3n) is 6.35. The number of aromatic nitrogens is 4. The van der Waals surface area contributed by atoms with Crippen molar-refractivity contribution in [3.05, 3.63) is 96.0 Å². The van der Waals surface area contributed by atoms with Gasteiger partial charge in [0.1, 0.15) is 23.4 Å². The molecule has 2 amide bonds. The molecule has 3 N–H and O–H groups in total. The predicted molar refractivity (Wildman–Crippen MR) is 155 cm³/mol. The third-order valence-corrected chi connectivity index (χ3v) is 6.96. The molecule has 5 aromatic rings. The molecule has 0 atom stereocenters. The summed E-state index contributed by atoms with van der Waals surface area (Å²) in [4.78, 5) is 21.2. The molecule has 0 unspecified atom stereocenters. The molecule has 39 heavy (non-hydrogen) atoms. The Morgan fingerprint density at radius 2 is 1.90 bits per heavy atom. The van der Waals surface area contributed by atoms with Gasteiger partial charge in [-0.3, -0.25) is 5.32 Å². The fourth-order valence-corrected chi connectivity index (χ4v) is 4.97. The van der Waals surface area contributed by atoms with E-state index in [1.807, 2.05) is 42.5 Å². The molecule has 10 heteroatoms. The van der Waals surface area contributed by atoms with Gasteiger partial charge in [0, 0.05) is 17.8 Å². The highest BCUT2D eigenvalue weighted by atomic mass is 32.1. The summed E-state index contributed by atoms with van der Waals surface area (Å²) in [5.41, 5.74) is 7.18. The highest BCUT2D eigenvalue weighted by Gasteiger charge is 2.23. The average Bonchev–Trinajstić information content (AvgIpc) is 3.63. The Morgan fingerprint density at radius 3 is 2.67 bits per heavy atom. The lowest BCUT2D eigenvalue weighted by atomic mass is 9.95. The largest absolute Gasteiger partial charge is 0.437 e. The van der Waals surface area contributed by atoms with Crippen molar-refractivity contribution in [3.8, 4) is 11.1 Å². The molecule has 3 heterocycles. The van der Waals surface area contributed by atoms with E-state index >= 15 is 0 Å². The van der Waals surface area contributed by atoms with Gasteiger partial charge < -0.3 is 15.1 Å². The predicted octanol–water partition coefficient (Wildman–Crippen LogP) is 6.77. The zero-order valence-electron chi connectivity index (χ0n) is 20.9. The third kappa shape index (κ3) is 5.55. The Bertz CT molecular complexity index is 1640. The summed E-state index contributed by atoms with van der Waals surface area (Å²) in [7, 11) is 0. The van der Waals surface area contributed by atoms with Crippen molar-refractivity contribution in [1.29, 1.82) is 0 Å². The van der Waals surface area contributed by atoms with E-state index in [0.29, 0.717) is 23.1 Å². The molecular weight excluding hydrogens is 510 g/mol. The first-order chi connectivity index (χ1) is 19.2. The lowest BCUT2D eigenvalue weighted by molar-refractivity contribution is 0.262. The van der Waals surface area contributed by atoms with Crippen LogP contribution in [0.15, 0.2) is 89.1 Å². The van der Waals surface area contributed by atoms with Crippen molar-refractivity contribution in [1.82, 2.24) is 20.2 Å². The summed E-state index contributed by atoms with van der Waals surface area (Å²) in [6, 6.07) is 17.6. The van der Waals surface area contributed by atoms with E-state index in [9.17, 15) is 4.79 Å². The highest BCUT2D eigenvalue weighted by molar-refractivity contribution is 7.13. The number of rotatable bonds is 8. The average molecular weight is 536 g/mol. The van der Waals surface area contributed by atoms with Crippen molar-refractivity contribution in [2.24, 2.45) is 0 Å². The first kappa shape index (κ1) is 24.5. The Morgan fingerprint density at radius 1 is 1.03 bits per heavy atom. The number of urea groups is 1. The van der Waals surface area contributed by atoms with E-state index in [1.165, 1.54) is 17.7 Å². The van der Waals surface area contributed by atoms with Crippen LogP contribution in [0.3, 0.4) is 0 Å². The zero-order valence-corrected chi connectivity index (χ0v) is 21.7. The Labute approximate surface area is 228 Å². The summed E-state index contributed by atoms with van der Waals surface area (Å²) in [5, 5.41) is 17.8. The number of hydrogen-bond acceptors (Lipinski definition) is 8. The maximum atomic E-state index is 12.1. The number of anilines is 3. The number of carbonyl (C=O) groups excluding carboxylic acids is 1. The summed E-state index contributed by atoms with van der Waals surface area (Å²) >= 11 is 1.26. The molecule has 9 nitrogen and oxygen atoms in total. The monoisotopic (exact) mass is 535 g/mol. The van der Waals surface area contributed by atoms with Gasteiger partial charge in [0.15, 0.2) is 0 Å². The van der Waals surface area contributed by atoms with Crippen LogP contribution in [0.2, 0.25) is 0 Å². The van der Waals surface area contributed by atoms with Gasteiger partial charge in [-0.25, -0.2) is 14.8 Å². The van der Waals surface area contributed by atoms with Gasteiger partial charge >= 0.3 is 6.03 Å². The van der Waals surface area contributed by atoms with E-state index < -0.39 is 0 Å². The number of allylic oxidation sites excluding steroid dienone is 4. The van der Waals surface area contributed by atoms with Crippen LogP contribution < -0.4 is 16.0 Å². The van der Waals surface area contributed by atoms with Gasteiger partial charge in [0.2, 0.25) is 10.8 Å². The lowest BCUT2D eigenvalue weighted by Gasteiger charge is -2.11. The molecule has 1 aliphatic rings. The van der Waals surface area contributed by atoms with Crippen molar-refractivity contribution >= 4 is 50.7 Å². The molecular formula is C29H25N7O2S. The van der Waals surface area contributed by atoms with Gasteiger partial charge in [0.25, 0.3) is 0 Å². The van der Waals surface area contributed by atoms with Crippen molar-refractivity contribution < 1.29 is 9.21 Å². The number of nitrogens with one attached hydrogen (secondary N) is 3. The second-order valence-electron chi connectivity index (χ2n) is 8.93. The number of hydrogen-bond donors (Lipinski definition) is 3. The van der Waals surface area contributed by atoms with Crippen molar-refractivity contribution in [2.75, 3.05) is 22.5 Å². The van der Waals surface area contributed by atoms with E-state index in [0.717, 1.165) is 58.5 Å². The molecule has 0 aliphatic heterocycles. The van der Waals surface area contributed by atoms with Crippen LogP contribution >= 0.6 is 11.3 Å². The number of benzene rings is 2. The number of nitrogens with zero attached hydrogens (tertiary/aromatic N) is 4. The minimum Gasteiger partial charge on any atom is -0.437 e. The van der Waals surface area contributed by atoms with Crippen LogP contribution in [0, 0.1) is 0 Å². The molecule has 0 radical (unpaired) electrons. The van der Waals surface area contributed by atoms with Crippen LogP contribution in [0.5, 0.6) is 0 Å². The highest BCUT2D eigenvalue weighted by Crippen LogP contribution is 2.42. The fourth-order valence-electron chi connectivity index (χ4n) is 4.53. The Hall–Kier alpha value is -4.83. The van der Waals surface area contributed by atoms with Crippen LogP contribution in [0.25, 0.3) is 27.8 Å².